The molecule has 5 heterocycles. The van der Waals surface area contributed by atoms with Crippen LogP contribution in [0.25, 0.3) is 0 Å². The predicted molar refractivity (Wildman–Crippen MR) is 110 cm³/mol. The number of aryl methyl sites for hydroxylation is 1. The molecule has 4 atom stereocenters. The van der Waals surface area contributed by atoms with E-state index in [1.807, 2.05) is 0 Å². The molecule has 15 heteroatoms. The van der Waals surface area contributed by atoms with Gasteiger partial charge < -0.3 is 41.4 Å². The first kappa shape index (κ1) is 21.1. The molecular formula is C18H24N10O5. The standard InChI is InChI=1S/C18H24N10O5/c1-7-21-4-8(22-7)14(31)24-10-6-28-16(20)23-9(5-27-11(29)2-3-12(27)30)13-17(28,18(10,32)33)26-15(19)25-13/h4,9-10,13,32-33H,2-3,5-6H2,1H3,(H2,20,23)(H,21,22)(H,24,31)(H3,19,25,26)/t9?,10?,13-,17-/m0/s1. The van der Waals surface area contributed by atoms with E-state index in [4.69, 9.17) is 10.8 Å². The van der Waals surface area contributed by atoms with E-state index in [9.17, 15) is 24.6 Å². The second-order valence-corrected chi connectivity index (χ2v) is 8.63. The lowest BCUT2D eigenvalue weighted by Gasteiger charge is -2.51. The van der Waals surface area contributed by atoms with Crippen molar-refractivity contribution >= 4 is 29.6 Å². The third-order valence-corrected chi connectivity index (χ3v) is 6.68. The summed E-state index contributed by atoms with van der Waals surface area (Å²) in [7, 11) is 0. The van der Waals surface area contributed by atoms with Crippen LogP contribution in [0.15, 0.2) is 6.20 Å². The Kier molecular flexibility index (Phi) is 4.41. The first-order valence-electron chi connectivity index (χ1n) is 10.4. The Bertz CT molecular complexity index is 1070. The maximum Gasteiger partial charge on any atom is 0.269 e. The lowest BCUT2D eigenvalue weighted by Crippen LogP contribution is -2.81. The summed E-state index contributed by atoms with van der Waals surface area (Å²) in [4.78, 5) is 46.1. The van der Waals surface area contributed by atoms with E-state index in [1.165, 1.54) is 11.1 Å². The number of nitrogens with one attached hydrogen (secondary N) is 7. The number of carbonyl (C=O) groups excluding carboxylic acids is 3. The van der Waals surface area contributed by atoms with Gasteiger partial charge in [0, 0.05) is 19.4 Å². The van der Waals surface area contributed by atoms with E-state index < -0.39 is 35.5 Å². The summed E-state index contributed by atoms with van der Waals surface area (Å²) in [6.07, 6.45) is 1.51. The molecular weight excluding hydrogens is 436 g/mol. The number of nitrogens with zero attached hydrogens (tertiary/aromatic N) is 3. The monoisotopic (exact) mass is 460 g/mol. The van der Waals surface area contributed by atoms with Crippen LogP contribution in [0, 0.1) is 17.7 Å². The number of H-pyrrole nitrogens is 1. The van der Waals surface area contributed by atoms with Gasteiger partial charge in [0.15, 0.2) is 17.6 Å². The van der Waals surface area contributed by atoms with Crippen molar-refractivity contribution in [2.45, 2.75) is 49.3 Å². The number of aromatic nitrogens is 2. The minimum Gasteiger partial charge on any atom is -0.361 e. The van der Waals surface area contributed by atoms with Crippen molar-refractivity contribution in [2.75, 3.05) is 13.1 Å². The quantitative estimate of drug-likeness (QED) is 0.157. The number of aromatic amines is 1. The molecule has 15 nitrogen and oxygen atoms in total. The smallest absolute Gasteiger partial charge is 0.269 e. The summed E-state index contributed by atoms with van der Waals surface area (Å²) in [6.45, 7) is 1.38. The highest BCUT2D eigenvalue weighted by atomic mass is 16.5. The number of hydrogen-bond donors (Lipinski definition) is 9. The van der Waals surface area contributed by atoms with Crippen molar-refractivity contribution < 1.29 is 24.6 Å². The third kappa shape index (κ3) is 2.88. The van der Waals surface area contributed by atoms with E-state index >= 15 is 0 Å². The van der Waals surface area contributed by atoms with Crippen molar-refractivity contribution in [3.63, 3.8) is 0 Å². The Hall–Kier alpha value is -3.72. The van der Waals surface area contributed by atoms with Gasteiger partial charge in [0.05, 0.1) is 24.8 Å². The average molecular weight is 460 g/mol. The summed E-state index contributed by atoms with van der Waals surface area (Å²) in [5, 5.41) is 50.3. The van der Waals surface area contributed by atoms with Crippen molar-refractivity contribution in [3.05, 3.63) is 17.7 Å². The van der Waals surface area contributed by atoms with Crippen molar-refractivity contribution in [3.8, 4) is 0 Å². The first-order valence-corrected chi connectivity index (χ1v) is 10.4. The molecule has 5 rings (SSSR count). The molecule has 4 fully saturated rings. The first-order chi connectivity index (χ1) is 15.5. The predicted octanol–water partition coefficient (Wildman–Crippen LogP) is -3.94. The zero-order valence-electron chi connectivity index (χ0n) is 17.6. The Morgan fingerprint density at radius 2 is 1.97 bits per heavy atom. The normalized spacial score (nSPS) is 32.3. The van der Waals surface area contributed by atoms with Crippen LogP contribution < -0.4 is 21.3 Å². The molecule has 1 aromatic heterocycles. The number of likely N-dealkylation sites (tertiary alicyclic amines) is 1. The highest BCUT2D eigenvalue weighted by molar-refractivity contribution is 6.02. The summed E-state index contributed by atoms with van der Waals surface area (Å²) >= 11 is 0. The van der Waals surface area contributed by atoms with Crippen LogP contribution in [0.5, 0.6) is 0 Å². The fourth-order valence-corrected chi connectivity index (χ4v) is 5.13. The number of hydrogen-bond acceptors (Lipinski definition) is 8. The van der Waals surface area contributed by atoms with E-state index in [2.05, 4.69) is 31.2 Å². The largest absolute Gasteiger partial charge is 0.361 e. The van der Waals surface area contributed by atoms with Crippen LogP contribution in [0.1, 0.15) is 29.2 Å². The number of amides is 3. The molecule has 0 saturated carbocycles. The van der Waals surface area contributed by atoms with Gasteiger partial charge in [-0.15, -0.1) is 0 Å². The topological polar surface area (TPSA) is 223 Å². The molecule has 0 bridgehead atoms. The molecule has 4 saturated heterocycles. The van der Waals surface area contributed by atoms with Crippen LogP contribution in [0.3, 0.4) is 0 Å². The number of imide groups is 1. The molecule has 1 spiro atoms. The fraction of sp³-hybridized carbons (Fsp3) is 0.556. The zero-order chi connectivity index (χ0) is 23.7. The van der Waals surface area contributed by atoms with E-state index in [-0.39, 0.29) is 55.4 Å². The molecule has 0 aromatic carbocycles. The van der Waals surface area contributed by atoms with Crippen molar-refractivity contribution in [1.29, 1.82) is 10.8 Å². The molecule has 0 aliphatic carbocycles. The molecule has 176 valence electrons. The van der Waals surface area contributed by atoms with Gasteiger partial charge in [-0.2, -0.15) is 0 Å². The van der Waals surface area contributed by atoms with Gasteiger partial charge in [-0.1, -0.05) is 0 Å². The summed E-state index contributed by atoms with van der Waals surface area (Å²) in [5.41, 5.74) is -1.69. The van der Waals surface area contributed by atoms with Gasteiger partial charge in [-0.25, -0.2) is 4.98 Å². The van der Waals surface area contributed by atoms with Gasteiger partial charge in [0.25, 0.3) is 5.91 Å². The molecule has 4 aliphatic rings. The van der Waals surface area contributed by atoms with Crippen molar-refractivity contribution in [1.82, 2.24) is 41.0 Å². The van der Waals surface area contributed by atoms with Gasteiger partial charge in [-0.3, -0.25) is 30.1 Å². The molecule has 0 radical (unpaired) electrons. The van der Waals surface area contributed by atoms with E-state index in [0.717, 1.165) is 4.90 Å². The highest BCUT2D eigenvalue weighted by Gasteiger charge is 2.74. The minimum atomic E-state index is -2.65. The number of imidazole rings is 1. The van der Waals surface area contributed by atoms with E-state index in [0.29, 0.717) is 5.82 Å². The summed E-state index contributed by atoms with van der Waals surface area (Å²) < 4.78 is 0. The van der Waals surface area contributed by atoms with Crippen molar-refractivity contribution in [2.24, 2.45) is 0 Å². The van der Waals surface area contributed by atoms with Crippen LogP contribution in [-0.2, 0) is 9.59 Å². The van der Waals surface area contributed by atoms with Crippen LogP contribution in [0.2, 0.25) is 0 Å². The third-order valence-electron chi connectivity index (χ3n) is 6.68. The Morgan fingerprint density at radius 1 is 1.27 bits per heavy atom. The summed E-state index contributed by atoms with van der Waals surface area (Å²) in [5.74, 6) is -3.89. The number of aliphatic hydroxyl groups is 2. The maximum absolute atomic E-state index is 12.7. The van der Waals surface area contributed by atoms with Gasteiger partial charge in [-0.05, 0) is 6.92 Å². The molecule has 9 N–H and O–H groups in total. The van der Waals surface area contributed by atoms with Gasteiger partial charge in [0.2, 0.25) is 17.6 Å². The maximum atomic E-state index is 12.7. The second-order valence-electron chi connectivity index (χ2n) is 8.63. The number of carbonyl (C=O) groups is 3. The van der Waals surface area contributed by atoms with E-state index in [1.54, 1.807) is 6.92 Å². The lowest BCUT2D eigenvalue weighted by atomic mass is 9.84. The number of rotatable bonds is 4. The zero-order valence-corrected chi connectivity index (χ0v) is 17.6. The van der Waals surface area contributed by atoms with Gasteiger partial charge >= 0.3 is 0 Å². The average Bonchev–Trinajstić information content (AvgIpc) is 3.46. The summed E-state index contributed by atoms with van der Waals surface area (Å²) in [6, 6.07) is -3.00. The molecule has 4 aliphatic heterocycles. The lowest BCUT2D eigenvalue weighted by molar-refractivity contribution is -0.232. The minimum absolute atomic E-state index is 0.0948. The highest BCUT2D eigenvalue weighted by Crippen LogP contribution is 2.43. The fourth-order valence-electron chi connectivity index (χ4n) is 5.13. The second kappa shape index (κ2) is 6.89. The Morgan fingerprint density at radius 3 is 2.61 bits per heavy atom. The molecule has 3 amide bonds. The number of guanidine groups is 2. The van der Waals surface area contributed by atoms with Crippen LogP contribution in [0.4, 0.5) is 0 Å². The Balaban J connectivity index is 1.46. The molecule has 33 heavy (non-hydrogen) atoms. The van der Waals surface area contributed by atoms with Crippen LogP contribution in [-0.4, -0.2) is 102 Å². The van der Waals surface area contributed by atoms with Gasteiger partial charge in [0.1, 0.15) is 17.6 Å². The molecule has 1 aromatic rings. The Labute approximate surface area is 186 Å². The SMILES string of the molecule is Cc1ncc(C(=O)NC2CN3C(=N)NC(CN4C(=O)CCC4=O)[C@@H]4NC(=N)N[C@@]43C2(O)O)[nH]1. The van der Waals surface area contributed by atoms with Crippen LogP contribution >= 0.6 is 0 Å². The molecule has 2 unspecified atom stereocenters.